The van der Waals surface area contributed by atoms with Crippen molar-refractivity contribution in [2.75, 3.05) is 25.5 Å². The van der Waals surface area contributed by atoms with Crippen LogP contribution in [0.4, 0.5) is 5.69 Å². The maximum Gasteiger partial charge on any atom is 0.291 e. The predicted octanol–water partition coefficient (Wildman–Crippen LogP) is 2.90. The Morgan fingerprint density at radius 1 is 1.28 bits per heavy atom. The molecule has 1 aromatic heterocycles. The molecule has 6 nitrogen and oxygen atoms in total. The van der Waals surface area contributed by atoms with Crippen molar-refractivity contribution in [2.24, 2.45) is 11.1 Å². The van der Waals surface area contributed by atoms with E-state index in [1.54, 1.807) is 36.2 Å². The molecule has 0 atom stereocenters. The first-order valence-corrected chi connectivity index (χ1v) is 8.14. The minimum absolute atomic E-state index is 0.116. The van der Waals surface area contributed by atoms with E-state index in [9.17, 15) is 9.59 Å². The number of benzene rings is 1. The number of furan rings is 1. The number of anilines is 1. The number of carbonyl (C=O) groups is 2. The third-order valence-corrected chi connectivity index (χ3v) is 4.04. The van der Waals surface area contributed by atoms with E-state index in [0.29, 0.717) is 24.3 Å². The molecule has 0 radical (unpaired) electrons. The fraction of sp³-hybridized carbons (Fsp3) is 0.368. The third kappa shape index (κ3) is 4.70. The summed E-state index contributed by atoms with van der Waals surface area (Å²) in [6.45, 7) is 6.93. The van der Waals surface area contributed by atoms with Crippen molar-refractivity contribution in [1.82, 2.24) is 4.90 Å². The number of nitrogens with two attached hydrogens (primary N) is 1. The molecule has 0 aliphatic carbocycles. The minimum atomic E-state index is -0.352. The molecule has 2 rings (SSSR count). The van der Waals surface area contributed by atoms with E-state index in [2.05, 4.69) is 5.32 Å². The van der Waals surface area contributed by atoms with Gasteiger partial charge in [0.15, 0.2) is 5.76 Å². The highest BCUT2D eigenvalue weighted by molar-refractivity contribution is 6.03. The second-order valence-electron chi connectivity index (χ2n) is 6.99. The molecule has 0 aliphatic heterocycles. The van der Waals surface area contributed by atoms with Crippen LogP contribution in [-0.2, 0) is 0 Å². The van der Waals surface area contributed by atoms with Gasteiger partial charge in [0.1, 0.15) is 0 Å². The summed E-state index contributed by atoms with van der Waals surface area (Å²) < 4.78 is 5.09. The fourth-order valence-corrected chi connectivity index (χ4v) is 2.48. The van der Waals surface area contributed by atoms with Crippen molar-refractivity contribution in [2.45, 2.75) is 20.8 Å². The fourth-order valence-electron chi connectivity index (χ4n) is 2.48. The van der Waals surface area contributed by atoms with Crippen LogP contribution in [0.1, 0.15) is 40.3 Å². The Morgan fingerprint density at radius 2 is 2.00 bits per heavy atom. The number of rotatable bonds is 6. The molecular formula is C19H25N3O3. The number of amides is 2. The standard InChI is InChI=1S/C19H25N3O3/c1-13-7-8-14(18(24)22(4)12-19(2,3)11-20)10-15(13)21-17(23)16-6-5-9-25-16/h5-10H,11-12,20H2,1-4H3,(H,21,23). The highest BCUT2D eigenvalue weighted by atomic mass is 16.3. The lowest BCUT2D eigenvalue weighted by Crippen LogP contribution is -2.39. The van der Waals surface area contributed by atoms with Gasteiger partial charge in [0.25, 0.3) is 11.8 Å². The summed E-state index contributed by atoms with van der Waals surface area (Å²) in [7, 11) is 1.75. The van der Waals surface area contributed by atoms with Crippen LogP contribution in [0.15, 0.2) is 41.0 Å². The maximum atomic E-state index is 12.7. The van der Waals surface area contributed by atoms with Gasteiger partial charge in [-0.25, -0.2) is 0 Å². The van der Waals surface area contributed by atoms with Crippen LogP contribution in [-0.4, -0.2) is 36.9 Å². The van der Waals surface area contributed by atoms with E-state index < -0.39 is 0 Å². The number of nitrogens with one attached hydrogen (secondary N) is 1. The molecule has 2 aromatic rings. The van der Waals surface area contributed by atoms with Gasteiger partial charge in [-0.2, -0.15) is 0 Å². The lowest BCUT2D eigenvalue weighted by molar-refractivity contribution is 0.0740. The molecular weight excluding hydrogens is 318 g/mol. The van der Waals surface area contributed by atoms with Gasteiger partial charge in [-0.1, -0.05) is 19.9 Å². The summed E-state index contributed by atoms with van der Waals surface area (Å²) in [5.41, 5.74) is 7.54. The summed E-state index contributed by atoms with van der Waals surface area (Å²) in [5, 5.41) is 2.78. The Morgan fingerprint density at radius 3 is 2.60 bits per heavy atom. The average molecular weight is 343 g/mol. The molecule has 0 bridgehead atoms. The Kier molecular flexibility index (Phi) is 5.64. The molecule has 1 aromatic carbocycles. The van der Waals surface area contributed by atoms with Crippen LogP contribution in [0.5, 0.6) is 0 Å². The van der Waals surface area contributed by atoms with Crippen LogP contribution in [0.2, 0.25) is 0 Å². The van der Waals surface area contributed by atoms with Crippen LogP contribution in [0.3, 0.4) is 0 Å². The number of hydrogen-bond acceptors (Lipinski definition) is 4. The quantitative estimate of drug-likeness (QED) is 0.844. The van der Waals surface area contributed by atoms with Gasteiger partial charge in [0.2, 0.25) is 0 Å². The van der Waals surface area contributed by atoms with Crippen molar-refractivity contribution in [1.29, 1.82) is 0 Å². The van der Waals surface area contributed by atoms with Gasteiger partial charge in [0.05, 0.1) is 6.26 Å². The number of aryl methyl sites for hydroxylation is 1. The smallest absolute Gasteiger partial charge is 0.291 e. The summed E-state index contributed by atoms with van der Waals surface area (Å²) >= 11 is 0. The van der Waals surface area contributed by atoms with Crippen LogP contribution >= 0.6 is 0 Å². The van der Waals surface area contributed by atoms with Crippen molar-refractivity contribution in [3.8, 4) is 0 Å². The van der Waals surface area contributed by atoms with Crippen molar-refractivity contribution in [3.05, 3.63) is 53.5 Å². The lowest BCUT2D eigenvalue weighted by atomic mass is 9.93. The summed E-state index contributed by atoms with van der Waals surface area (Å²) in [5.74, 6) is -0.247. The molecule has 3 N–H and O–H groups in total. The zero-order valence-corrected chi connectivity index (χ0v) is 15.1. The lowest BCUT2D eigenvalue weighted by Gasteiger charge is -2.29. The first kappa shape index (κ1) is 18.7. The van der Waals surface area contributed by atoms with Crippen LogP contribution < -0.4 is 11.1 Å². The molecule has 134 valence electrons. The molecule has 2 amide bonds. The Bertz CT molecular complexity index is 751. The minimum Gasteiger partial charge on any atom is -0.459 e. The second-order valence-corrected chi connectivity index (χ2v) is 6.99. The topological polar surface area (TPSA) is 88.6 Å². The van der Waals surface area contributed by atoms with Gasteiger partial charge in [-0.05, 0) is 48.7 Å². The molecule has 6 heteroatoms. The predicted molar refractivity (Wildman–Crippen MR) is 97.6 cm³/mol. The molecule has 0 fully saturated rings. The van der Waals surface area contributed by atoms with E-state index in [4.69, 9.17) is 10.2 Å². The van der Waals surface area contributed by atoms with E-state index in [1.807, 2.05) is 26.8 Å². The van der Waals surface area contributed by atoms with Crippen LogP contribution in [0, 0.1) is 12.3 Å². The number of hydrogen-bond donors (Lipinski definition) is 2. The zero-order chi connectivity index (χ0) is 18.6. The van der Waals surface area contributed by atoms with Gasteiger partial charge in [-0.15, -0.1) is 0 Å². The van der Waals surface area contributed by atoms with Gasteiger partial charge < -0.3 is 20.4 Å². The van der Waals surface area contributed by atoms with E-state index in [1.165, 1.54) is 6.26 Å². The van der Waals surface area contributed by atoms with Crippen molar-refractivity contribution >= 4 is 17.5 Å². The Labute approximate surface area is 148 Å². The largest absolute Gasteiger partial charge is 0.459 e. The Balaban J connectivity index is 2.17. The number of nitrogens with zero attached hydrogens (tertiary/aromatic N) is 1. The monoisotopic (exact) mass is 343 g/mol. The van der Waals surface area contributed by atoms with E-state index in [0.717, 1.165) is 5.56 Å². The molecule has 25 heavy (non-hydrogen) atoms. The molecule has 0 saturated carbocycles. The van der Waals surface area contributed by atoms with E-state index >= 15 is 0 Å². The van der Waals surface area contributed by atoms with Gasteiger partial charge >= 0.3 is 0 Å². The number of carbonyl (C=O) groups excluding carboxylic acids is 2. The molecule has 1 heterocycles. The van der Waals surface area contributed by atoms with Crippen LogP contribution in [0.25, 0.3) is 0 Å². The SMILES string of the molecule is Cc1ccc(C(=O)N(C)CC(C)(C)CN)cc1NC(=O)c1ccco1. The molecule has 0 spiro atoms. The highest BCUT2D eigenvalue weighted by Crippen LogP contribution is 2.21. The maximum absolute atomic E-state index is 12.7. The van der Waals surface area contributed by atoms with E-state index in [-0.39, 0.29) is 23.0 Å². The normalized spacial score (nSPS) is 11.2. The highest BCUT2D eigenvalue weighted by Gasteiger charge is 2.22. The second kappa shape index (κ2) is 7.53. The molecule has 0 aliphatic rings. The Hall–Kier alpha value is -2.60. The zero-order valence-electron chi connectivity index (χ0n) is 15.1. The summed E-state index contributed by atoms with van der Waals surface area (Å²) in [6.07, 6.45) is 1.44. The third-order valence-electron chi connectivity index (χ3n) is 4.04. The average Bonchev–Trinajstić information content (AvgIpc) is 3.10. The first-order valence-electron chi connectivity index (χ1n) is 8.14. The summed E-state index contributed by atoms with van der Waals surface area (Å²) in [6, 6.07) is 8.49. The summed E-state index contributed by atoms with van der Waals surface area (Å²) in [4.78, 5) is 26.5. The molecule has 0 saturated heterocycles. The van der Waals surface area contributed by atoms with Gasteiger partial charge in [-0.3, -0.25) is 9.59 Å². The van der Waals surface area contributed by atoms with Crippen molar-refractivity contribution < 1.29 is 14.0 Å². The first-order chi connectivity index (χ1) is 11.7. The van der Waals surface area contributed by atoms with Gasteiger partial charge in [0, 0.05) is 24.8 Å². The van der Waals surface area contributed by atoms with Crippen molar-refractivity contribution in [3.63, 3.8) is 0 Å². The molecule has 0 unspecified atom stereocenters.